The van der Waals surface area contributed by atoms with Gasteiger partial charge in [0.25, 0.3) is 0 Å². The molecule has 7 aromatic rings. The summed E-state index contributed by atoms with van der Waals surface area (Å²) in [7, 11) is 0. The van der Waals surface area contributed by atoms with Crippen molar-refractivity contribution in [3.8, 4) is 44.5 Å². The number of nitrogens with zero attached hydrogens (tertiary/aromatic N) is 2. The molecule has 0 saturated carbocycles. The fourth-order valence-electron chi connectivity index (χ4n) is 7.22. The molecule has 3 aromatic heterocycles. The molecule has 0 atom stereocenters. The molecule has 2 N–H and O–H groups in total. The van der Waals surface area contributed by atoms with Crippen LogP contribution in [0.3, 0.4) is 0 Å². The van der Waals surface area contributed by atoms with Gasteiger partial charge in [-0.2, -0.15) is 0 Å². The number of nitrogens with one attached hydrogen (secondary N) is 2. The topological polar surface area (TPSA) is 57.4 Å². The number of halogens is 12. The highest BCUT2D eigenvalue weighted by Gasteiger charge is 2.32. The van der Waals surface area contributed by atoms with E-state index in [0.717, 1.165) is 19.3 Å². The number of aromatic amines is 2. The van der Waals surface area contributed by atoms with Crippen LogP contribution < -0.4 is 0 Å². The third kappa shape index (κ3) is 6.41. The Kier molecular flexibility index (Phi) is 9.96. The van der Waals surface area contributed by atoms with Gasteiger partial charge in [0, 0.05) is 51.5 Å². The van der Waals surface area contributed by atoms with Crippen LogP contribution in [-0.4, -0.2) is 19.9 Å². The predicted octanol–water partition coefficient (Wildman–Crippen LogP) is 13.9. The number of hydrogen-bond donors (Lipinski definition) is 2. The Balaban J connectivity index is 1.53. The Bertz CT molecular complexity index is 2960. The van der Waals surface area contributed by atoms with E-state index in [0.29, 0.717) is 33.6 Å². The van der Waals surface area contributed by atoms with Gasteiger partial charge in [-0.25, -0.2) is 53.9 Å². The van der Waals surface area contributed by atoms with Crippen LogP contribution >= 0.6 is 45.2 Å². The second-order valence-corrected chi connectivity index (χ2v) is 15.9. The first kappa shape index (κ1) is 39.7. The number of aromatic nitrogens is 4. The van der Waals surface area contributed by atoms with Gasteiger partial charge in [0.1, 0.15) is 0 Å². The van der Waals surface area contributed by atoms with Crippen LogP contribution in [0.25, 0.3) is 90.9 Å². The standard InChI is InChI=1S/C44H18F10I2N4/c45-35-33(36(46)40(50)43(53)39(35)49)31-25-13-11-23(58-25)29(17-1-5-19(55)6-2-17)21-9-10-22(57-21)30(18-3-7-20(56)8-4-18)24-12-14-26(59-24)32(28-16-15-27(31)60-28)34-37(47)41(51)44(54)42(52)38(34)48/h1-16,58-59H. The summed E-state index contributed by atoms with van der Waals surface area (Å²) in [4.78, 5) is 15.4. The summed E-state index contributed by atoms with van der Waals surface area (Å²) >= 11 is 4.26. The smallest absolute Gasteiger partial charge is 0.200 e. The van der Waals surface area contributed by atoms with Crippen LogP contribution in [0, 0.1) is 65.3 Å². The number of H-pyrrole nitrogens is 2. The van der Waals surface area contributed by atoms with E-state index >= 15 is 17.6 Å². The van der Waals surface area contributed by atoms with E-state index in [4.69, 9.17) is 4.98 Å². The maximum Gasteiger partial charge on any atom is 0.200 e. The van der Waals surface area contributed by atoms with Gasteiger partial charge in [-0.05, 0) is 129 Å². The van der Waals surface area contributed by atoms with E-state index < -0.39 is 91.8 Å². The Labute approximate surface area is 358 Å². The fraction of sp³-hybridized carbons (Fsp3) is 0. The lowest BCUT2D eigenvalue weighted by Gasteiger charge is -2.11. The molecule has 0 saturated heterocycles. The van der Waals surface area contributed by atoms with Gasteiger partial charge >= 0.3 is 0 Å². The highest BCUT2D eigenvalue weighted by molar-refractivity contribution is 14.1. The molecule has 298 valence electrons. The minimum absolute atomic E-state index is 0.231. The van der Waals surface area contributed by atoms with E-state index in [1.54, 1.807) is 12.2 Å². The summed E-state index contributed by atoms with van der Waals surface area (Å²) in [5, 5.41) is 0. The summed E-state index contributed by atoms with van der Waals surface area (Å²) in [6, 6.07) is 20.2. The highest BCUT2D eigenvalue weighted by atomic mass is 127. The molecular formula is C44H18F10I2N4. The van der Waals surface area contributed by atoms with Crippen LogP contribution in [0.5, 0.6) is 0 Å². The normalized spacial score (nSPS) is 12.2. The molecule has 16 heteroatoms. The predicted molar refractivity (Wildman–Crippen MR) is 226 cm³/mol. The van der Waals surface area contributed by atoms with E-state index in [2.05, 4.69) is 60.1 Å². The summed E-state index contributed by atoms with van der Waals surface area (Å²) in [5.41, 5.74) is -2.16. The lowest BCUT2D eigenvalue weighted by molar-refractivity contribution is 0.381. The molecule has 5 heterocycles. The molecule has 0 radical (unpaired) electrons. The first-order chi connectivity index (χ1) is 28.7. The molecule has 0 aliphatic carbocycles. The first-order valence-electron chi connectivity index (χ1n) is 17.4. The van der Waals surface area contributed by atoms with Gasteiger partial charge in [0.05, 0.1) is 33.9 Å². The largest absolute Gasteiger partial charge is 0.354 e. The molecule has 60 heavy (non-hydrogen) atoms. The third-order valence-electron chi connectivity index (χ3n) is 9.94. The van der Waals surface area contributed by atoms with Crippen molar-refractivity contribution in [1.82, 2.24) is 19.9 Å². The molecule has 4 aromatic carbocycles. The summed E-state index contributed by atoms with van der Waals surface area (Å²) in [5.74, 6) is -22.8. The second-order valence-electron chi connectivity index (χ2n) is 13.4. The van der Waals surface area contributed by atoms with Crippen LogP contribution in [0.15, 0.2) is 72.8 Å². The van der Waals surface area contributed by atoms with Gasteiger partial charge in [-0.3, -0.25) is 0 Å². The summed E-state index contributed by atoms with van der Waals surface area (Å²) < 4.78 is 154. The minimum atomic E-state index is -2.43. The average molecular weight is 1050 g/mol. The summed E-state index contributed by atoms with van der Waals surface area (Å²) in [6.45, 7) is 0. The van der Waals surface area contributed by atoms with E-state index in [1.807, 2.05) is 48.5 Å². The maximum atomic E-state index is 15.8. The van der Waals surface area contributed by atoms with E-state index in [9.17, 15) is 26.3 Å². The van der Waals surface area contributed by atoms with Crippen molar-refractivity contribution in [3.63, 3.8) is 0 Å². The number of benzene rings is 4. The van der Waals surface area contributed by atoms with Crippen LogP contribution in [0.2, 0.25) is 0 Å². The molecule has 9 rings (SSSR count). The minimum Gasteiger partial charge on any atom is -0.354 e. The zero-order valence-electron chi connectivity index (χ0n) is 29.7. The molecule has 2 aliphatic heterocycles. The van der Waals surface area contributed by atoms with E-state index in [-0.39, 0.29) is 22.1 Å². The molecule has 0 unspecified atom stereocenters. The Morgan fingerprint density at radius 1 is 0.300 bits per heavy atom. The monoisotopic (exact) mass is 1050 g/mol. The lowest BCUT2D eigenvalue weighted by Crippen LogP contribution is -2.05. The molecule has 8 bridgehead atoms. The zero-order chi connectivity index (χ0) is 42.3. The molecule has 2 aliphatic rings. The Morgan fingerprint density at radius 2 is 0.550 bits per heavy atom. The van der Waals surface area contributed by atoms with Gasteiger partial charge in [-0.1, -0.05) is 24.3 Å². The van der Waals surface area contributed by atoms with Crippen molar-refractivity contribution < 1.29 is 43.9 Å². The van der Waals surface area contributed by atoms with Gasteiger partial charge in [0.2, 0.25) is 11.6 Å². The molecule has 0 spiro atoms. The number of fused-ring (bicyclic) bond motifs is 8. The van der Waals surface area contributed by atoms with Crippen molar-refractivity contribution in [2.24, 2.45) is 0 Å². The van der Waals surface area contributed by atoms with Crippen molar-refractivity contribution >= 4 is 91.6 Å². The van der Waals surface area contributed by atoms with Crippen LogP contribution in [0.4, 0.5) is 43.9 Å². The van der Waals surface area contributed by atoms with Crippen molar-refractivity contribution in [2.45, 2.75) is 0 Å². The highest BCUT2D eigenvalue weighted by Crippen LogP contribution is 2.42. The van der Waals surface area contributed by atoms with Crippen LogP contribution in [-0.2, 0) is 0 Å². The Hall–Kier alpha value is -5.76. The lowest BCUT2D eigenvalue weighted by atomic mass is 10.0. The van der Waals surface area contributed by atoms with Crippen molar-refractivity contribution in [2.75, 3.05) is 0 Å². The maximum absolute atomic E-state index is 15.8. The second kappa shape index (κ2) is 15.1. The third-order valence-corrected chi connectivity index (χ3v) is 11.4. The zero-order valence-corrected chi connectivity index (χ0v) is 34.0. The molecule has 0 amide bonds. The van der Waals surface area contributed by atoms with E-state index in [1.165, 1.54) is 24.3 Å². The van der Waals surface area contributed by atoms with Gasteiger partial charge in [0.15, 0.2) is 46.5 Å². The van der Waals surface area contributed by atoms with Gasteiger partial charge < -0.3 is 9.97 Å². The van der Waals surface area contributed by atoms with Crippen LogP contribution in [0.1, 0.15) is 22.8 Å². The average Bonchev–Trinajstić information content (AvgIpc) is 4.09. The van der Waals surface area contributed by atoms with Crippen molar-refractivity contribution in [3.05, 3.63) is 161 Å². The molecule has 0 fully saturated rings. The van der Waals surface area contributed by atoms with Crippen molar-refractivity contribution in [1.29, 1.82) is 0 Å². The number of hydrogen-bond acceptors (Lipinski definition) is 2. The molecule has 4 nitrogen and oxygen atoms in total. The quantitative estimate of drug-likeness (QED) is 0.0799. The van der Waals surface area contributed by atoms with Gasteiger partial charge in [-0.15, -0.1) is 0 Å². The first-order valence-corrected chi connectivity index (χ1v) is 19.6. The Morgan fingerprint density at radius 3 is 0.850 bits per heavy atom. The SMILES string of the molecule is Fc1c(F)c(F)c(-c2c3nc(c(-c4c(F)c(F)c(F)c(F)c4F)c4ccc([nH]4)c(-c4ccc(I)cc4)c4nc(c(-c5ccc(I)cc5)c5ccc2[nH]5)C=C4)C=C3)c(F)c1F. The fourth-order valence-corrected chi connectivity index (χ4v) is 7.94. The number of rotatable bonds is 4. The molecular weight excluding hydrogens is 1030 g/mol. The summed E-state index contributed by atoms with van der Waals surface area (Å²) in [6.07, 6.45) is 5.50.